The van der Waals surface area contributed by atoms with Crippen molar-refractivity contribution in [3.8, 4) is 11.5 Å². The Balaban J connectivity index is 2.96. The second kappa shape index (κ2) is 10.3. The lowest BCUT2D eigenvalue weighted by molar-refractivity contribution is -0.123. The lowest BCUT2D eigenvalue weighted by Crippen LogP contribution is -2.18. The van der Waals surface area contributed by atoms with Gasteiger partial charge in [-0.15, -0.1) is 0 Å². The van der Waals surface area contributed by atoms with Crippen LogP contribution in [0.3, 0.4) is 0 Å². The number of hydrogen-bond acceptors (Lipinski definition) is 4. The highest BCUT2D eigenvalue weighted by Gasteiger charge is 2.16. The fourth-order valence-electron chi connectivity index (χ4n) is 1.80. The Morgan fingerprint density at radius 3 is 2.29 bits per heavy atom. The van der Waals surface area contributed by atoms with Gasteiger partial charge < -0.3 is 14.8 Å². The van der Waals surface area contributed by atoms with Crippen LogP contribution in [0.5, 0.6) is 11.5 Å². The van der Waals surface area contributed by atoms with Crippen molar-refractivity contribution in [1.82, 2.24) is 0 Å². The van der Waals surface area contributed by atoms with Crippen molar-refractivity contribution in [1.29, 1.82) is 0 Å². The molecule has 1 amide bonds. The van der Waals surface area contributed by atoms with Crippen molar-refractivity contribution in [3.63, 3.8) is 0 Å². The predicted molar refractivity (Wildman–Crippen MR) is 99.2 cm³/mol. The minimum atomic E-state index is -0.366. The van der Waals surface area contributed by atoms with Gasteiger partial charge in [0.15, 0.2) is 17.3 Å². The molecule has 0 saturated heterocycles. The maximum Gasteiger partial charge on any atom is 0.231 e. The average Bonchev–Trinajstić information content (AvgIpc) is 2.51. The van der Waals surface area contributed by atoms with E-state index in [1.165, 1.54) is 0 Å². The number of nitrogens with one attached hydrogen (secondary N) is 1. The molecule has 0 spiro atoms. The van der Waals surface area contributed by atoms with E-state index in [0.29, 0.717) is 42.2 Å². The van der Waals surface area contributed by atoms with E-state index in [-0.39, 0.29) is 23.4 Å². The zero-order valence-corrected chi connectivity index (χ0v) is 16.3. The average molecular weight is 400 g/mol. The summed E-state index contributed by atoms with van der Waals surface area (Å²) >= 11 is 3.06. The second-order valence-corrected chi connectivity index (χ2v) is 7.00. The van der Waals surface area contributed by atoms with Crippen LogP contribution in [0.25, 0.3) is 0 Å². The number of amides is 1. The molecule has 1 N–H and O–H groups in total. The molecule has 0 heterocycles. The largest absolute Gasteiger partial charge is 0.489 e. The number of ketones is 1. The van der Waals surface area contributed by atoms with E-state index >= 15 is 0 Å². The molecule has 1 rings (SSSR count). The molecule has 5 nitrogen and oxygen atoms in total. The number of carbonyl (C=O) groups is 2. The Morgan fingerprint density at radius 2 is 1.71 bits per heavy atom. The zero-order chi connectivity index (χ0) is 18.1. The molecule has 134 valence electrons. The van der Waals surface area contributed by atoms with Gasteiger partial charge in [-0.3, -0.25) is 9.59 Å². The van der Waals surface area contributed by atoms with Crippen LogP contribution in [0, 0.1) is 11.8 Å². The van der Waals surface area contributed by atoms with Gasteiger partial charge in [0.2, 0.25) is 5.91 Å². The molecule has 0 bridgehead atoms. The van der Waals surface area contributed by atoms with Gasteiger partial charge in [-0.2, -0.15) is 0 Å². The second-order valence-electron chi connectivity index (χ2n) is 6.44. The summed E-state index contributed by atoms with van der Waals surface area (Å²) in [6, 6.07) is 5.35. The Morgan fingerprint density at radius 1 is 1.08 bits per heavy atom. The normalized spacial score (nSPS) is 10.8. The summed E-state index contributed by atoms with van der Waals surface area (Å²) in [5.41, 5.74) is 0.518. The van der Waals surface area contributed by atoms with Crippen molar-refractivity contribution in [2.45, 2.75) is 34.1 Å². The molecule has 0 radical (unpaired) electrons. The summed E-state index contributed by atoms with van der Waals surface area (Å²) in [7, 11) is 0. The molecule has 0 aliphatic heterocycles. The Hall–Kier alpha value is -1.56. The topological polar surface area (TPSA) is 64.6 Å². The van der Waals surface area contributed by atoms with E-state index in [2.05, 4.69) is 35.1 Å². The maximum absolute atomic E-state index is 12.0. The van der Waals surface area contributed by atoms with Crippen molar-refractivity contribution in [3.05, 3.63) is 18.2 Å². The Labute approximate surface area is 152 Å². The van der Waals surface area contributed by atoms with Crippen LogP contribution in [0.15, 0.2) is 18.2 Å². The summed E-state index contributed by atoms with van der Waals surface area (Å²) in [6.07, 6.45) is -0.175. The minimum absolute atomic E-state index is 0.161. The van der Waals surface area contributed by atoms with Gasteiger partial charge in [-0.05, 0) is 24.0 Å². The maximum atomic E-state index is 12.0. The minimum Gasteiger partial charge on any atom is -0.489 e. The van der Waals surface area contributed by atoms with Crippen LogP contribution < -0.4 is 14.8 Å². The molecule has 6 heteroatoms. The number of rotatable bonds is 10. The molecule has 0 aliphatic rings. The van der Waals surface area contributed by atoms with Crippen LogP contribution in [-0.2, 0) is 9.59 Å². The van der Waals surface area contributed by atoms with Gasteiger partial charge in [0, 0.05) is 0 Å². The highest BCUT2D eigenvalue weighted by Crippen LogP contribution is 2.36. The number of para-hydroxylation sites is 1. The summed E-state index contributed by atoms with van der Waals surface area (Å²) in [6.45, 7) is 9.27. The van der Waals surface area contributed by atoms with E-state index in [9.17, 15) is 9.59 Å². The number of hydrogen-bond donors (Lipinski definition) is 1. The zero-order valence-electron chi connectivity index (χ0n) is 14.7. The summed E-state index contributed by atoms with van der Waals surface area (Å²) in [5, 5.41) is 2.90. The van der Waals surface area contributed by atoms with Gasteiger partial charge in [0.1, 0.15) is 0 Å². The number of alkyl halides is 1. The van der Waals surface area contributed by atoms with Crippen LogP contribution in [0.2, 0.25) is 0 Å². The number of Topliss-reactive ketones (excluding diaryl/α,β-unsaturated/α-hetero) is 1. The smallest absolute Gasteiger partial charge is 0.231 e. The van der Waals surface area contributed by atoms with E-state index in [4.69, 9.17) is 9.47 Å². The first-order chi connectivity index (χ1) is 11.3. The number of halogens is 1. The monoisotopic (exact) mass is 399 g/mol. The van der Waals surface area contributed by atoms with Crippen LogP contribution >= 0.6 is 15.9 Å². The number of ether oxygens (including phenoxy) is 2. The predicted octanol–water partition coefficient (Wildman–Crippen LogP) is 4.05. The fraction of sp³-hybridized carbons (Fsp3) is 0.556. The lowest BCUT2D eigenvalue weighted by atomic mass is 10.2. The van der Waals surface area contributed by atoms with Gasteiger partial charge in [0.25, 0.3) is 0 Å². The van der Waals surface area contributed by atoms with Crippen LogP contribution in [0.4, 0.5) is 5.69 Å². The first-order valence-electron chi connectivity index (χ1n) is 8.09. The van der Waals surface area contributed by atoms with Gasteiger partial charge in [0.05, 0.1) is 30.7 Å². The molecule has 1 aromatic carbocycles. The van der Waals surface area contributed by atoms with E-state index in [0.717, 1.165) is 0 Å². The van der Waals surface area contributed by atoms with Crippen molar-refractivity contribution in [2.75, 3.05) is 23.9 Å². The van der Waals surface area contributed by atoms with Crippen LogP contribution in [-0.4, -0.2) is 30.2 Å². The highest BCUT2D eigenvalue weighted by atomic mass is 79.9. The number of benzene rings is 1. The highest BCUT2D eigenvalue weighted by molar-refractivity contribution is 9.09. The first kappa shape index (κ1) is 20.5. The lowest BCUT2D eigenvalue weighted by Gasteiger charge is -2.18. The van der Waals surface area contributed by atoms with Gasteiger partial charge in [-0.1, -0.05) is 49.7 Å². The van der Waals surface area contributed by atoms with E-state index < -0.39 is 0 Å². The third kappa shape index (κ3) is 7.34. The number of carbonyl (C=O) groups excluding carboxylic acids is 2. The standard InChI is InChI=1S/C18H26BrNO4/c1-12(2)10-23-16-7-5-6-15(18(16)24-11-13(3)4)20-17(22)8-14(21)9-19/h5-7,12-13H,8-11H2,1-4H3,(H,20,22). The molecular weight excluding hydrogens is 374 g/mol. The van der Waals surface area contributed by atoms with Crippen molar-refractivity contribution >= 4 is 33.3 Å². The first-order valence-corrected chi connectivity index (χ1v) is 9.21. The summed E-state index contributed by atoms with van der Waals surface area (Å²) in [4.78, 5) is 23.4. The van der Waals surface area contributed by atoms with E-state index in [1.54, 1.807) is 12.1 Å². The molecule has 1 aromatic rings. The van der Waals surface area contributed by atoms with E-state index in [1.807, 2.05) is 19.9 Å². The molecule has 0 aliphatic carbocycles. The van der Waals surface area contributed by atoms with Crippen molar-refractivity contribution in [2.24, 2.45) is 11.8 Å². The third-order valence-electron chi connectivity index (χ3n) is 2.89. The third-order valence-corrected chi connectivity index (χ3v) is 3.52. The quantitative estimate of drug-likeness (QED) is 0.476. The van der Waals surface area contributed by atoms with Gasteiger partial charge >= 0.3 is 0 Å². The molecule has 0 aromatic heterocycles. The number of anilines is 1. The molecule has 0 saturated carbocycles. The fourth-order valence-corrected chi connectivity index (χ4v) is 2.00. The Kier molecular flexibility index (Phi) is 8.82. The SMILES string of the molecule is CC(C)COc1cccc(NC(=O)CC(=O)CBr)c1OCC(C)C. The molecular formula is C18H26BrNO4. The van der Waals surface area contributed by atoms with Crippen LogP contribution in [0.1, 0.15) is 34.1 Å². The van der Waals surface area contributed by atoms with Crippen molar-refractivity contribution < 1.29 is 19.1 Å². The molecule has 24 heavy (non-hydrogen) atoms. The molecule has 0 unspecified atom stereocenters. The molecule has 0 atom stereocenters. The van der Waals surface area contributed by atoms with Gasteiger partial charge in [-0.25, -0.2) is 0 Å². The Bertz CT molecular complexity index is 558. The summed E-state index contributed by atoms with van der Waals surface area (Å²) in [5.74, 6) is 1.26. The molecule has 0 fully saturated rings. The summed E-state index contributed by atoms with van der Waals surface area (Å²) < 4.78 is 11.7.